The van der Waals surface area contributed by atoms with Gasteiger partial charge in [0.25, 0.3) is 0 Å². The van der Waals surface area contributed by atoms with Crippen molar-refractivity contribution in [3.05, 3.63) is 65.9 Å². The molecule has 122 valence electrons. The van der Waals surface area contributed by atoms with Crippen molar-refractivity contribution >= 4 is 28.3 Å². The number of hydrogen-bond donors (Lipinski definition) is 1. The molecule has 2 aromatic carbocycles. The van der Waals surface area contributed by atoms with Crippen molar-refractivity contribution in [1.29, 1.82) is 0 Å². The lowest BCUT2D eigenvalue weighted by atomic mass is 10.1. The fourth-order valence-electron chi connectivity index (χ4n) is 2.85. The molecule has 1 aromatic heterocycles. The predicted octanol–water partition coefficient (Wildman–Crippen LogP) is 4.18. The summed E-state index contributed by atoms with van der Waals surface area (Å²) >= 11 is 0. The number of hydrogen-bond acceptors (Lipinski definition) is 2. The Morgan fingerprint density at radius 3 is 2.50 bits per heavy atom. The molecular weight excluding hydrogens is 300 g/mol. The number of nitrogens with zero attached hydrogens (tertiary/aromatic N) is 1. The van der Waals surface area contributed by atoms with Crippen LogP contribution in [0.2, 0.25) is 0 Å². The number of aromatic nitrogens is 1. The summed E-state index contributed by atoms with van der Waals surface area (Å²) < 4.78 is 1.84. The third-order valence-corrected chi connectivity index (χ3v) is 4.14. The molecule has 0 unspecified atom stereocenters. The Balaban J connectivity index is 1.89. The number of nitrogens with one attached hydrogen (secondary N) is 1. The second-order valence-corrected chi connectivity index (χ2v) is 5.83. The number of fused-ring (bicyclic) bond motifs is 1. The smallest absolute Gasteiger partial charge is 0.244 e. The van der Waals surface area contributed by atoms with Crippen LogP contribution in [0.4, 0.5) is 5.69 Å². The molecule has 1 amide bonds. The molecule has 0 saturated heterocycles. The Kier molecular flexibility index (Phi) is 4.47. The van der Waals surface area contributed by atoms with E-state index in [9.17, 15) is 9.59 Å². The fraction of sp³-hybridized carbons (Fsp3) is 0.200. The molecule has 3 aromatic rings. The minimum absolute atomic E-state index is 0.0873. The second kappa shape index (κ2) is 6.71. The van der Waals surface area contributed by atoms with Gasteiger partial charge in [-0.25, -0.2) is 0 Å². The lowest BCUT2D eigenvalue weighted by Crippen LogP contribution is -2.18. The van der Waals surface area contributed by atoms with Gasteiger partial charge in [0, 0.05) is 34.8 Å². The molecule has 1 heterocycles. The highest BCUT2D eigenvalue weighted by Gasteiger charge is 2.15. The predicted molar refractivity (Wildman–Crippen MR) is 96.4 cm³/mol. The second-order valence-electron chi connectivity index (χ2n) is 5.83. The van der Waals surface area contributed by atoms with Crippen LogP contribution in [0.3, 0.4) is 0 Å². The summed E-state index contributed by atoms with van der Waals surface area (Å²) in [4.78, 5) is 24.6. The van der Waals surface area contributed by atoms with Crippen LogP contribution < -0.4 is 5.32 Å². The molecule has 0 atom stereocenters. The van der Waals surface area contributed by atoms with Gasteiger partial charge in [0.1, 0.15) is 6.54 Å². The summed E-state index contributed by atoms with van der Waals surface area (Å²) in [7, 11) is 0. The van der Waals surface area contributed by atoms with E-state index in [0.717, 1.165) is 22.2 Å². The summed E-state index contributed by atoms with van der Waals surface area (Å²) in [6.45, 7) is 3.98. The molecule has 0 radical (unpaired) electrons. The number of rotatable bonds is 5. The molecule has 0 aliphatic carbocycles. The van der Waals surface area contributed by atoms with Crippen LogP contribution in [0.15, 0.2) is 54.7 Å². The van der Waals surface area contributed by atoms with Gasteiger partial charge in [-0.05, 0) is 24.6 Å². The maximum Gasteiger partial charge on any atom is 0.244 e. The number of anilines is 1. The Bertz CT molecular complexity index is 909. The standard InChI is InChI=1S/C20H20N2O2/c1-3-19(23)16-12-22(18-11-7-5-9-15(16)18)13-20(24)21-17-10-6-4-8-14(17)2/h4-12H,3,13H2,1-2H3,(H,21,24). The first kappa shape index (κ1) is 16.0. The summed E-state index contributed by atoms with van der Waals surface area (Å²) in [5, 5.41) is 3.83. The molecule has 0 aliphatic rings. The Hall–Kier alpha value is -2.88. The first-order valence-corrected chi connectivity index (χ1v) is 8.06. The lowest BCUT2D eigenvalue weighted by molar-refractivity contribution is -0.116. The monoisotopic (exact) mass is 320 g/mol. The normalized spacial score (nSPS) is 10.8. The van der Waals surface area contributed by atoms with E-state index in [1.54, 1.807) is 6.20 Å². The Labute approximate surface area is 141 Å². The minimum Gasteiger partial charge on any atom is -0.337 e. The van der Waals surface area contributed by atoms with Crippen molar-refractivity contribution in [2.45, 2.75) is 26.8 Å². The van der Waals surface area contributed by atoms with Crippen molar-refractivity contribution < 1.29 is 9.59 Å². The highest BCUT2D eigenvalue weighted by atomic mass is 16.2. The van der Waals surface area contributed by atoms with Crippen molar-refractivity contribution in [3.63, 3.8) is 0 Å². The van der Waals surface area contributed by atoms with E-state index >= 15 is 0 Å². The van der Waals surface area contributed by atoms with E-state index in [4.69, 9.17) is 0 Å². The van der Waals surface area contributed by atoms with E-state index in [0.29, 0.717) is 12.0 Å². The van der Waals surface area contributed by atoms with Crippen LogP contribution in [-0.4, -0.2) is 16.3 Å². The van der Waals surface area contributed by atoms with Crippen molar-refractivity contribution in [2.75, 3.05) is 5.32 Å². The van der Waals surface area contributed by atoms with Gasteiger partial charge in [0.15, 0.2) is 5.78 Å². The van der Waals surface area contributed by atoms with E-state index in [2.05, 4.69) is 5.32 Å². The SMILES string of the molecule is CCC(=O)c1cn(CC(=O)Nc2ccccc2C)c2ccccc12. The average Bonchev–Trinajstić information content (AvgIpc) is 2.95. The highest BCUT2D eigenvalue weighted by Crippen LogP contribution is 2.23. The molecule has 4 nitrogen and oxygen atoms in total. The molecular formula is C20H20N2O2. The number of amides is 1. The summed E-state index contributed by atoms with van der Waals surface area (Å²) in [5.74, 6) is -0.0233. The molecule has 0 bridgehead atoms. The van der Waals surface area contributed by atoms with Gasteiger partial charge in [0.05, 0.1) is 0 Å². The minimum atomic E-state index is -0.111. The topological polar surface area (TPSA) is 51.1 Å². The first-order valence-electron chi connectivity index (χ1n) is 8.06. The maximum absolute atomic E-state index is 12.4. The largest absolute Gasteiger partial charge is 0.337 e. The van der Waals surface area contributed by atoms with Gasteiger partial charge in [-0.1, -0.05) is 43.3 Å². The van der Waals surface area contributed by atoms with E-state index in [1.807, 2.05) is 66.9 Å². The number of Topliss-reactive ketones (excluding diaryl/α,β-unsaturated/α-hetero) is 1. The van der Waals surface area contributed by atoms with E-state index < -0.39 is 0 Å². The van der Waals surface area contributed by atoms with Gasteiger partial charge in [-0.15, -0.1) is 0 Å². The molecule has 0 saturated carbocycles. The van der Waals surface area contributed by atoms with Gasteiger partial charge >= 0.3 is 0 Å². The van der Waals surface area contributed by atoms with Crippen LogP contribution in [0, 0.1) is 6.92 Å². The molecule has 3 rings (SSSR count). The quantitative estimate of drug-likeness (QED) is 0.717. The molecule has 24 heavy (non-hydrogen) atoms. The van der Waals surface area contributed by atoms with Gasteiger partial charge in [0.2, 0.25) is 5.91 Å². The third kappa shape index (κ3) is 3.08. The van der Waals surface area contributed by atoms with Gasteiger partial charge in [-0.2, -0.15) is 0 Å². The Morgan fingerprint density at radius 1 is 1.04 bits per heavy atom. The number of ketones is 1. The molecule has 4 heteroatoms. The zero-order valence-electron chi connectivity index (χ0n) is 13.9. The number of para-hydroxylation sites is 2. The zero-order valence-corrected chi connectivity index (χ0v) is 13.9. The molecule has 0 spiro atoms. The van der Waals surface area contributed by atoms with Crippen LogP contribution in [0.5, 0.6) is 0 Å². The van der Waals surface area contributed by atoms with Crippen molar-refractivity contribution in [1.82, 2.24) is 4.57 Å². The fourth-order valence-corrected chi connectivity index (χ4v) is 2.85. The van der Waals surface area contributed by atoms with Crippen LogP contribution in [0.1, 0.15) is 29.3 Å². The lowest BCUT2D eigenvalue weighted by Gasteiger charge is -2.09. The summed E-state index contributed by atoms with van der Waals surface area (Å²) in [6, 6.07) is 15.4. The number of carbonyl (C=O) groups excluding carboxylic acids is 2. The zero-order chi connectivity index (χ0) is 17.1. The third-order valence-electron chi connectivity index (χ3n) is 4.14. The van der Waals surface area contributed by atoms with Crippen LogP contribution in [0.25, 0.3) is 10.9 Å². The van der Waals surface area contributed by atoms with Crippen molar-refractivity contribution in [2.24, 2.45) is 0 Å². The maximum atomic E-state index is 12.4. The first-order chi connectivity index (χ1) is 11.6. The van der Waals surface area contributed by atoms with Crippen LogP contribution in [-0.2, 0) is 11.3 Å². The van der Waals surface area contributed by atoms with E-state index in [-0.39, 0.29) is 18.2 Å². The Morgan fingerprint density at radius 2 is 1.75 bits per heavy atom. The van der Waals surface area contributed by atoms with Gasteiger partial charge < -0.3 is 9.88 Å². The van der Waals surface area contributed by atoms with Crippen LogP contribution >= 0.6 is 0 Å². The molecule has 0 aliphatic heterocycles. The number of benzene rings is 2. The summed E-state index contributed by atoms with van der Waals surface area (Å²) in [5.41, 5.74) is 3.40. The van der Waals surface area contributed by atoms with E-state index in [1.165, 1.54) is 0 Å². The summed E-state index contributed by atoms with van der Waals surface area (Å²) in [6.07, 6.45) is 2.23. The number of aryl methyl sites for hydroxylation is 1. The van der Waals surface area contributed by atoms with Crippen molar-refractivity contribution in [3.8, 4) is 0 Å². The highest BCUT2D eigenvalue weighted by molar-refractivity contribution is 6.08. The molecule has 1 N–H and O–H groups in total. The molecule has 0 fully saturated rings. The van der Waals surface area contributed by atoms with Gasteiger partial charge in [-0.3, -0.25) is 9.59 Å². The number of carbonyl (C=O) groups is 2. The average molecular weight is 320 g/mol.